The Morgan fingerprint density at radius 3 is 3.06 bits per heavy atom. The van der Waals surface area contributed by atoms with Gasteiger partial charge in [0.15, 0.2) is 0 Å². The van der Waals surface area contributed by atoms with Crippen LogP contribution >= 0.6 is 11.6 Å². The summed E-state index contributed by atoms with van der Waals surface area (Å²) in [6, 6.07) is 6.40. The molecule has 88 valence electrons. The summed E-state index contributed by atoms with van der Waals surface area (Å²) in [6.07, 6.45) is 0. The van der Waals surface area contributed by atoms with Gasteiger partial charge in [0, 0.05) is 23.8 Å². The zero-order valence-electron chi connectivity index (χ0n) is 9.45. The van der Waals surface area contributed by atoms with Gasteiger partial charge in [0.05, 0.1) is 19.3 Å². The molecule has 0 radical (unpaired) electrons. The molecule has 2 rings (SSSR count). The van der Waals surface area contributed by atoms with Gasteiger partial charge in [0.2, 0.25) is 0 Å². The SMILES string of the molecule is Cc1ccc(N2CCOCC2CN)cc1Cl. The molecule has 0 aromatic heterocycles. The lowest BCUT2D eigenvalue weighted by atomic mass is 10.1. The molecule has 3 nitrogen and oxygen atoms in total. The number of anilines is 1. The number of benzene rings is 1. The fourth-order valence-corrected chi connectivity index (χ4v) is 2.13. The number of hydrogen-bond acceptors (Lipinski definition) is 3. The fraction of sp³-hybridized carbons (Fsp3) is 0.500. The van der Waals surface area contributed by atoms with Gasteiger partial charge in [-0.1, -0.05) is 17.7 Å². The lowest BCUT2D eigenvalue weighted by molar-refractivity contribution is 0.0963. The lowest BCUT2D eigenvalue weighted by Crippen LogP contribution is -2.49. The number of rotatable bonds is 2. The monoisotopic (exact) mass is 240 g/mol. The highest BCUT2D eigenvalue weighted by Gasteiger charge is 2.22. The number of aryl methyl sites for hydroxylation is 1. The summed E-state index contributed by atoms with van der Waals surface area (Å²) in [5.74, 6) is 0. The topological polar surface area (TPSA) is 38.5 Å². The average Bonchev–Trinajstić information content (AvgIpc) is 2.32. The first-order chi connectivity index (χ1) is 7.72. The van der Waals surface area contributed by atoms with E-state index in [-0.39, 0.29) is 6.04 Å². The number of nitrogens with zero attached hydrogens (tertiary/aromatic N) is 1. The Kier molecular flexibility index (Phi) is 3.69. The van der Waals surface area contributed by atoms with Crippen molar-refractivity contribution in [3.8, 4) is 0 Å². The second kappa shape index (κ2) is 5.04. The predicted octanol–water partition coefficient (Wildman–Crippen LogP) is 1.81. The molecular formula is C12H17ClN2O. The molecule has 4 heteroatoms. The van der Waals surface area contributed by atoms with Crippen LogP contribution in [0.15, 0.2) is 18.2 Å². The maximum atomic E-state index is 6.13. The molecule has 1 unspecified atom stereocenters. The lowest BCUT2D eigenvalue weighted by Gasteiger charge is -2.36. The Balaban J connectivity index is 2.23. The van der Waals surface area contributed by atoms with E-state index in [4.69, 9.17) is 22.1 Å². The van der Waals surface area contributed by atoms with Crippen LogP contribution in [0.2, 0.25) is 5.02 Å². The van der Waals surface area contributed by atoms with Crippen LogP contribution < -0.4 is 10.6 Å². The Hall–Kier alpha value is -0.770. The van der Waals surface area contributed by atoms with Crippen molar-refractivity contribution in [1.29, 1.82) is 0 Å². The highest BCUT2D eigenvalue weighted by atomic mass is 35.5. The van der Waals surface area contributed by atoms with Gasteiger partial charge >= 0.3 is 0 Å². The molecule has 1 aliphatic rings. The Labute approximate surface area is 101 Å². The first-order valence-electron chi connectivity index (χ1n) is 5.53. The van der Waals surface area contributed by atoms with Crippen molar-refractivity contribution in [2.75, 3.05) is 31.2 Å². The maximum absolute atomic E-state index is 6.13. The van der Waals surface area contributed by atoms with Crippen molar-refractivity contribution in [2.24, 2.45) is 5.73 Å². The minimum Gasteiger partial charge on any atom is -0.377 e. The molecule has 2 N–H and O–H groups in total. The molecule has 1 fully saturated rings. The van der Waals surface area contributed by atoms with E-state index in [0.29, 0.717) is 13.2 Å². The highest BCUT2D eigenvalue weighted by Crippen LogP contribution is 2.25. The normalized spacial score (nSPS) is 21.2. The van der Waals surface area contributed by atoms with Gasteiger partial charge in [-0.15, -0.1) is 0 Å². The quantitative estimate of drug-likeness (QED) is 0.857. The summed E-state index contributed by atoms with van der Waals surface area (Å²) in [5.41, 5.74) is 7.98. The van der Waals surface area contributed by atoms with E-state index in [9.17, 15) is 0 Å². The fourth-order valence-electron chi connectivity index (χ4n) is 1.95. The van der Waals surface area contributed by atoms with Gasteiger partial charge in [-0.3, -0.25) is 0 Å². The van der Waals surface area contributed by atoms with Crippen LogP contribution in [0.5, 0.6) is 0 Å². The van der Waals surface area contributed by atoms with Crippen molar-refractivity contribution in [3.05, 3.63) is 28.8 Å². The number of morpholine rings is 1. The van der Waals surface area contributed by atoms with Crippen LogP contribution in [0, 0.1) is 6.92 Å². The molecule has 16 heavy (non-hydrogen) atoms. The molecule has 1 heterocycles. The summed E-state index contributed by atoms with van der Waals surface area (Å²) in [6.45, 7) is 4.93. The zero-order chi connectivity index (χ0) is 11.5. The highest BCUT2D eigenvalue weighted by molar-refractivity contribution is 6.31. The molecule has 1 atom stereocenters. The van der Waals surface area contributed by atoms with Crippen molar-refractivity contribution in [2.45, 2.75) is 13.0 Å². The van der Waals surface area contributed by atoms with E-state index in [1.54, 1.807) is 0 Å². The van der Waals surface area contributed by atoms with Gasteiger partial charge in [-0.25, -0.2) is 0 Å². The third kappa shape index (κ3) is 2.32. The molecule has 1 aromatic carbocycles. The predicted molar refractivity (Wildman–Crippen MR) is 67.2 cm³/mol. The first-order valence-corrected chi connectivity index (χ1v) is 5.91. The summed E-state index contributed by atoms with van der Waals surface area (Å²) < 4.78 is 5.42. The maximum Gasteiger partial charge on any atom is 0.0683 e. The van der Waals surface area contributed by atoms with E-state index in [2.05, 4.69) is 11.0 Å². The van der Waals surface area contributed by atoms with E-state index in [1.807, 2.05) is 19.1 Å². The van der Waals surface area contributed by atoms with E-state index >= 15 is 0 Å². The summed E-state index contributed by atoms with van der Waals surface area (Å²) in [4.78, 5) is 2.27. The molecule has 1 aromatic rings. The third-order valence-electron chi connectivity index (χ3n) is 2.99. The minimum absolute atomic E-state index is 0.257. The summed E-state index contributed by atoms with van der Waals surface area (Å²) >= 11 is 6.13. The Morgan fingerprint density at radius 1 is 1.56 bits per heavy atom. The van der Waals surface area contributed by atoms with Crippen LogP contribution in [-0.2, 0) is 4.74 Å². The van der Waals surface area contributed by atoms with E-state index < -0.39 is 0 Å². The van der Waals surface area contributed by atoms with E-state index in [0.717, 1.165) is 29.4 Å². The van der Waals surface area contributed by atoms with Crippen LogP contribution in [0.3, 0.4) is 0 Å². The van der Waals surface area contributed by atoms with Gasteiger partial charge in [-0.2, -0.15) is 0 Å². The third-order valence-corrected chi connectivity index (χ3v) is 3.39. The number of halogens is 1. The minimum atomic E-state index is 0.257. The standard InChI is InChI=1S/C12H17ClN2O/c1-9-2-3-10(6-12(9)13)15-4-5-16-8-11(15)7-14/h2-3,6,11H,4-5,7-8,14H2,1H3. The van der Waals surface area contributed by atoms with Crippen molar-refractivity contribution in [1.82, 2.24) is 0 Å². The second-order valence-corrected chi connectivity index (χ2v) is 4.50. The zero-order valence-corrected chi connectivity index (χ0v) is 10.2. The van der Waals surface area contributed by atoms with Gasteiger partial charge in [-0.05, 0) is 24.6 Å². The second-order valence-electron chi connectivity index (χ2n) is 4.09. The first kappa shape index (κ1) is 11.7. The van der Waals surface area contributed by atoms with Crippen molar-refractivity contribution < 1.29 is 4.74 Å². The molecule has 1 aliphatic heterocycles. The summed E-state index contributed by atoms with van der Waals surface area (Å²) in [5, 5.41) is 0.805. The molecule has 0 amide bonds. The summed E-state index contributed by atoms with van der Waals surface area (Å²) in [7, 11) is 0. The number of hydrogen-bond donors (Lipinski definition) is 1. The van der Waals surface area contributed by atoms with Crippen LogP contribution in [0.25, 0.3) is 0 Å². The van der Waals surface area contributed by atoms with Crippen molar-refractivity contribution >= 4 is 17.3 Å². The van der Waals surface area contributed by atoms with Crippen molar-refractivity contribution in [3.63, 3.8) is 0 Å². The van der Waals surface area contributed by atoms with Gasteiger partial charge in [0.1, 0.15) is 0 Å². The van der Waals surface area contributed by atoms with E-state index in [1.165, 1.54) is 0 Å². The Morgan fingerprint density at radius 2 is 2.38 bits per heavy atom. The number of nitrogens with two attached hydrogens (primary N) is 1. The molecule has 0 saturated carbocycles. The van der Waals surface area contributed by atoms with Gasteiger partial charge < -0.3 is 15.4 Å². The van der Waals surface area contributed by atoms with Crippen LogP contribution in [-0.4, -0.2) is 32.3 Å². The molecule has 0 spiro atoms. The Bertz CT molecular complexity index is 370. The van der Waals surface area contributed by atoms with Crippen LogP contribution in [0.1, 0.15) is 5.56 Å². The van der Waals surface area contributed by atoms with Crippen LogP contribution in [0.4, 0.5) is 5.69 Å². The smallest absolute Gasteiger partial charge is 0.0683 e. The van der Waals surface area contributed by atoms with Gasteiger partial charge in [0.25, 0.3) is 0 Å². The largest absolute Gasteiger partial charge is 0.377 e. The molecule has 1 saturated heterocycles. The molecule has 0 bridgehead atoms. The number of ether oxygens (including phenoxy) is 1. The molecule has 0 aliphatic carbocycles. The average molecular weight is 241 g/mol. The molecular weight excluding hydrogens is 224 g/mol.